The van der Waals surface area contributed by atoms with Gasteiger partial charge in [0.2, 0.25) is 0 Å². The number of hydrogen-bond acceptors (Lipinski definition) is 3. The first-order chi connectivity index (χ1) is 8.18. The highest BCUT2D eigenvalue weighted by atomic mass is 16.5. The lowest BCUT2D eigenvalue weighted by Gasteiger charge is -2.05. The van der Waals surface area contributed by atoms with Crippen molar-refractivity contribution in [3.8, 4) is 0 Å². The molecular weight excluding hydrogens is 216 g/mol. The molecular formula is C14H26O3. The fourth-order valence-electron chi connectivity index (χ4n) is 1.33. The van der Waals surface area contributed by atoms with E-state index in [1.165, 1.54) is 12.8 Å². The molecule has 0 saturated carbocycles. The van der Waals surface area contributed by atoms with Gasteiger partial charge in [-0.15, -0.1) is 0 Å². The summed E-state index contributed by atoms with van der Waals surface area (Å²) in [6.07, 6.45) is 6.62. The molecule has 0 spiro atoms. The van der Waals surface area contributed by atoms with Gasteiger partial charge in [0.15, 0.2) is 0 Å². The van der Waals surface area contributed by atoms with Crippen LogP contribution in [-0.4, -0.2) is 25.8 Å². The van der Waals surface area contributed by atoms with E-state index >= 15 is 0 Å². The van der Waals surface area contributed by atoms with E-state index < -0.39 is 0 Å². The highest BCUT2D eigenvalue weighted by Crippen LogP contribution is 2.00. The average Bonchev–Trinajstić information content (AvgIpc) is 2.31. The van der Waals surface area contributed by atoms with Crippen LogP contribution in [0.25, 0.3) is 0 Å². The maximum Gasteiger partial charge on any atom is 0.333 e. The number of esters is 1. The molecule has 0 heterocycles. The molecule has 0 fully saturated rings. The zero-order valence-corrected chi connectivity index (χ0v) is 11.3. The third-order valence-electron chi connectivity index (χ3n) is 2.41. The van der Waals surface area contributed by atoms with Gasteiger partial charge >= 0.3 is 5.97 Å². The minimum absolute atomic E-state index is 0.291. The van der Waals surface area contributed by atoms with E-state index in [4.69, 9.17) is 9.47 Å². The van der Waals surface area contributed by atoms with Crippen molar-refractivity contribution in [2.24, 2.45) is 0 Å². The van der Waals surface area contributed by atoms with Crippen molar-refractivity contribution in [1.29, 1.82) is 0 Å². The third kappa shape index (κ3) is 11.4. The molecule has 0 saturated heterocycles. The Morgan fingerprint density at radius 1 is 1.00 bits per heavy atom. The van der Waals surface area contributed by atoms with Gasteiger partial charge in [0.05, 0.1) is 6.61 Å². The Balaban J connectivity index is 3.08. The first-order valence-corrected chi connectivity index (χ1v) is 6.58. The van der Waals surface area contributed by atoms with Crippen molar-refractivity contribution in [1.82, 2.24) is 0 Å². The molecule has 0 radical (unpaired) electrons. The number of rotatable bonds is 11. The molecule has 0 aromatic heterocycles. The molecule has 3 nitrogen and oxygen atoms in total. The zero-order chi connectivity index (χ0) is 12.9. The molecule has 0 aromatic carbocycles. The monoisotopic (exact) mass is 242 g/mol. The maximum absolute atomic E-state index is 11.0. The minimum Gasteiger partial charge on any atom is -0.462 e. The van der Waals surface area contributed by atoms with E-state index in [1.807, 2.05) is 0 Å². The second-order valence-corrected chi connectivity index (χ2v) is 4.30. The minimum atomic E-state index is -0.291. The van der Waals surface area contributed by atoms with Crippen molar-refractivity contribution in [2.45, 2.75) is 52.4 Å². The Morgan fingerprint density at radius 3 is 2.18 bits per heavy atom. The Morgan fingerprint density at radius 2 is 1.59 bits per heavy atom. The predicted octanol–water partition coefficient (Wildman–Crippen LogP) is 3.48. The summed E-state index contributed by atoms with van der Waals surface area (Å²) in [5.74, 6) is -0.291. The Labute approximate surface area is 105 Å². The van der Waals surface area contributed by atoms with E-state index in [9.17, 15) is 4.79 Å². The van der Waals surface area contributed by atoms with Gasteiger partial charge < -0.3 is 9.47 Å². The van der Waals surface area contributed by atoms with Gasteiger partial charge in [-0.2, -0.15) is 0 Å². The number of carbonyl (C=O) groups excluding carboxylic acids is 1. The summed E-state index contributed by atoms with van der Waals surface area (Å²) in [6, 6.07) is 0. The lowest BCUT2D eigenvalue weighted by Crippen LogP contribution is -2.06. The van der Waals surface area contributed by atoms with Crippen LogP contribution in [0.15, 0.2) is 12.2 Å². The average molecular weight is 242 g/mol. The molecule has 0 aliphatic heterocycles. The van der Waals surface area contributed by atoms with Gasteiger partial charge in [-0.05, 0) is 32.6 Å². The smallest absolute Gasteiger partial charge is 0.333 e. The standard InChI is InChI=1S/C14H26O3/c1-4-5-7-10-16-11-8-6-9-12-17-14(15)13(2)3/h2,4-12H2,1,3H3. The largest absolute Gasteiger partial charge is 0.462 e. The fourth-order valence-corrected chi connectivity index (χ4v) is 1.33. The lowest BCUT2D eigenvalue weighted by atomic mass is 10.2. The van der Waals surface area contributed by atoms with Gasteiger partial charge in [-0.3, -0.25) is 0 Å². The summed E-state index contributed by atoms with van der Waals surface area (Å²) in [5.41, 5.74) is 0.462. The van der Waals surface area contributed by atoms with Crippen LogP contribution >= 0.6 is 0 Å². The normalized spacial score (nSPS) is 10.2. The zero-order valence-electron chi connectivity index (χ0n) is 11.3. The molecule has 0 aliphatic carbocycles. The highest BCUT2D eigenvalue weighted by Gasteiger charge is 2.01. The van der Waals surface area contributed by atoms with Gasteiger partial charge in [-0.25, -0.2) is 4.79 Å². The second kappa shape index (κ2) is 11.6. The van der Waals surface area contributed by atoms with E-state index in [1.54, 1.807) is 6.92 Å². The number of ether oxygens (including phenoxy) is 2. The molecule has 0 aromatic rings. The van der Waals surface area contributed by atoms with Crippen LogP contribution in [0.2, 0.25) is 0 Å². The Kier molecular flexibility index (Phi) is 11.1. The topological polar surface area (TPSA) is 35.5 Å². The van der Waals surface area contributed by atoms with Crippen LogP contribution in [0.4, 0.5) is 0 Å². The molecule has 0 N–H and O–H groups in total. The maximum atomic E-state index is 11.0. The van der Waals surface area contributed by atoms with Crippen LogP contribution in [0.1, 0.15) is 52.4 Å². The van der Waals surface area contributed by atoms with E-state index in [0.29, 0.717) is 12.2 Å². The quantitative estimate of drug-likeness (QED) is 0.316. The third-order valence-corrected chi connectivity index (χ3v) is 2.41. The Hall–Kier alpha value is -0.830. The first-order valence-electron chi connectivity index (χ1n) is 6.58. The SMILES string of the molecule is C=C(C)C(=O)OCCCCCOCCCCC. The molecule has 0 atom stereocenters. The molecule has 0 bridgehead atoms. The van der Waals surface area contributed by atoms with Gasteiger partial charge in [0.25, 0.3) is 0 Å². The number of carbonyl (C=O) groups is 1. The lowest BCUT2D eigenvalue weighted by molar-refractivity contribution is -0.139. The summed E-state index contributed by atoms with van der Waals surface area (Å²) < 4.78 is 10.5. The molecule has 100 valence electrons. The van der Waals surface area contributed by atoms with Crippen molar-refractivity contribution in [3.63, 3.8) is 0 Å². The van der Waals surface area contributed by atoms with Crippen molar-refractivity contribution >= 4 is 5.97 Å². The summed E-state index contributed by atoms with van der Waals surface area (Å²) in [5, 5.41) is 0. The van der Waals surface area contributed by atoms with Crippen LogP contribution in [0, 0.1) is 0 Å². The van der Waals surface area contributed by atoms with Crippen LogP contribution in [0.5, 0.6) is 0 Å². The molecule has 0 unspecified atom stereocenters. The number of unbranched alkanes of at least 4 members (excludes halogenated alkanes) is 4. The second-order valence-electron chi connectivity index (χ2n) is 4.30. The molecule has 17 heavy (non-hydrogen) atoms. The van der Waals surface area contributed by atoms with Crippen LogP contribution in [-0.2, 0) is 14.3 Å². The van der Waals surface area contributed by atoms with Crippen molar-refractivity contribution in [3.05, 3.63) is 12.2 Å². The summed E-state index contributed by atoms with van der Waals surface area (Å²) in [6.45, 7) is 9.55. The van der Waals surface area contributed by atoms with E-state index in [2.05, 4.69) is 13.5 Å². The van der Waals surface area contributed by atoms with Crippen molar-refractivity contribution in [2.75, 3.05) is 19.8 Å². The van der Waals surface area contributed by atoms with E-state index in [0.717, 1.165) is 38.9 Å². The summed E-state index contributed by atoms with van der Waals surface area (Å²) >= 11 is 0. The Bertz CT molecular complexity index is 212. The first kappa shape index (κ1) is 16.2. The molecule has 0 aliphatic rings. The number of hydrogen-bond donors (Lipinski definition) is 0. The summed E-state index contributed by atoms with van der Waals surface area (Å²) in [7, 11) is 0. The molecule has 0 amide bonds. The van der Waals surface area contributed by atoms with Crippen molar-refractivity contribution < 1.29 is 14.3 Å². The highest BCUT2D eigenvalue weighted by molar-refractivity contribution is 5.86. The molecule has 0 rings (SSSR count). The van der Waals surface area contributed by atoms with Crippen LogP contribution < -0.4 is 0 Å². The van der Waals surface area contributed by atoms with Gasteiger partial charge in [0.1, 0.15) is 0 Å². The van der Waals surface area contributed by atoms with Gasteiger partial charge in [0, 0.05) is 18.8 Å². The van der Waals surface area contributed by atoms with Crippen LogP contribution in [0.3, 0.4) is 0 Å². The van der Waals surface area contributed by atoms with E-state index in [-0.39, 0.29) is 5.97 Å². The fraction of sp³-hybridized carbons (Fsp3) is 0.786. The molecule has 3 heteroatoms. The summed E-state index contributed by atoms with van der Waals surface area (Å²) in [4.78, 5) is 11.0. The van der Waals surface area contributed by atoms with Gasteiger partial charge in [-0.1, -0.05) is 26.3 Å². The predicted molar refractivity (Wildman–Crippen MR) is 70.0 cm³/mol.